The summed E-state index contributed by atoms with van der Waals surface area (Å²) in [6.45, 7) is 6.86. The summed E-state index contributed by atoms with van der Waals surface area (Å²) in [4.78, 5) is 4.59. The lowest BCUT2D eigenvalue weighted by Gasteiger charge is -2.28. The maximum Gasteiger partial charge on any atom is 0.190 e. The van der Waals surface area contributed by atoms with E-state index in [2.05, 4.69) is 37.0 Å². The first kappa shape index (κ1) is 18.6. The number of guanidine groups is 1. The van der Waals surface area contributed by atoms with Crippen LogP contribution in [0.2, 0.25) is 0 Å². The molecular formula is C17H24IN3O. The van der Waals surface area contributed by atoms with E-state index in [9.17, 15) is 0 Å². The van der Waals surface area contributed by atoms with Gasteiger partial charge in [-0.2, -0.15) is 0 Å². The van der Waals surface area contributed by atoms with E-state index in [4.69, 9.17) is 16.9 Å². The highest BCUT2D eigenvalue weighted by Crippen LogP contribution is 2.34. The normalized spacial score (nSPS) is 19.0. The lowest BCUT2D eigenvalue weighted by molar-refractivity contribution is 0.269. The molecule has 5 heteroatoms. The molecule has 1 heterocycles. The number of terminal acetylenes is 1. The standard InChI is InChI=1S/C17H23N3O.HI/c1-5-15(17(2,3)4)20-16(18)19-13-10-11-21-14-9-7-6-8-12(13)14;/h1,6-9,13,15H,10-11H2,2-4H3,(H3,18,19,20);1H. The van der Waals surface area contributed by atoms with Crippen LogP contribution >= 0.6 is 24.0 Å². The maximum atomic E-state index is 6.04. The van der Waals surface area contributed by atoms with Crippen molar-refractivity contribution in [3.8, 4) is 18.1 Å². The highest BCUT2D eigenvalue weighted by molar-refractivity contribution is 14.0. The van der Waals surface area contributed by atoms with E-state index in [1.807, 2.05) is 24.3 Å². The molecule has 0 saturated heterocycles. The fourth-order valence-corrected chi connectivity index (χ4v) is 2.32. The highest BCUT2D eigenvalue weighted by atomic mass is 127. The van der Waals surface area contributed by atoms with Crippen LogP contribution in [-0.2, 0) is 0 Å². The lowest BCUT2D eigenvalue weighted by Crippen LogP contribution is -2.46. The summed E-state index contributed by atoms with van der Waals surface area (Å²) in [5, 5.41) is 3.14. The summed E-state index contributed by atoms with van der Waals surface area (Å²) < 4.78 is 5.63. The Bertz CT molecular complexity index is 572. The minimum Gasteiger partial charge on any atom is -0.493 e. The van der Waals surface area contributed by atoms with E-state index >= 15 is 0 Å². The Kier molecular flexibility index (Phi) is 6.54. The second-order valence-corrected chi connectivity index (χ2v) is 6.32. The van der Waals surface area contributed by atoms with Crippen molar-refractivity contribution >= 4 is 29.9 Å². The van der Waals surface area contributed by atoms with Gasteiger partial charge in [-0.1, -0.05) is 44.9 Å². The molecular weight excluding hydrogens is 389 g/mol. The molecule has 3 N–H and O–H groups in total. The van der Waals surface area contributed by atoms with Gasteiger partial charge in [-0.25, -0.2) is 4.99 Å². The Hall–Kier alpha value is -1.42. The largest absolute Gasteiger partial charge is 0.493 e. The van der Waals surface area contributed by atoms with Gasteiger partial charge < -0.3 is 15.8 Å². The van der Waals surface area contributed by atoms with Crippen LogP contribution in [-0.4, -0.2) is 18.6 Å². The number of halogens is 1. The van der Waals surface area contributed by atoms with Crippen LogP contribution in [0.5, 0.6) is 5.75 Å². The predicted octanol–water partition coefficient (Wildman–Crippen LogP) is 3.08. The summed E-state index contributed by atoms with van der Waals surface area (Å²) in [5.74, 6) is 4.00. The number of rotatable bonds is 2. The third-order valence-corrected chi connectivity index (χ3v) is 3.55. The topological polar surface area (TPSA) is 59.6 Å². The maximum absolute atomic E-state index is 6.04. The van der Waals surface area contributed by atoms with Crippen LogP contribution in [0.4, 0.5) is 0 Å². The average Bonchev–Trinajstić information content (AvgIpc) is 2.44. The molecule has 0 radical (unpaired) electrons. The molecule has 0 saturated carbocycles. The second-order valence-electron chi connectivity index (χ2n) is 6.32. The van der Waals surface area contributed by atoms with Crippen molar-refractivity contribution in [3.63, 3.8) is 0 Å². The summed E-state index contributed by atoms with van der Waals surface area (Å²) in [6.07, 6.45) is 6.39. The SMILES string of the molecule is C#CC(NC(N)=NC1CCOc2ccccc21)C(C)(C)C.I. The van der Waals surface area contributed by atoms with Gasteiger partial charge >= 0.3 is 0 Å². The summed E-state index contributed by atoms with van der Waals surface area (Å²) in [7, 11) is 0. The van der Waals surface area contributed by atoms with Gasteiger partial charge in [-0.3, -0.25) is 0 Å². The van der Waals surface area contributed by atoms with Gasteiger partial charge in [0, 0.05) is 12.0 Å². The summed E-state index contributed by atoms with van der Waals surface area (Å²) in [5.41, 5.74) is 7.03. The Morgan fingerprint density at radius 1 is 1.45 bits per heavy atom. The molecule has 22 heavy (non-hydrogen) atoms. The van der Waals surface area contributed by atoms with Gasteiger partial charge in [-0.15, -0.1) is 30.4 Å². The third kappa shape index (κ3) is 4.54. The molecule has 1 aromatic carbocycles. The Labute approximate surface area is 149 Å². The van der Waals surface area contributed by atoms with E-state index < -0.39 is 0 Å². The number of nitrogens with two attached hydrogens (primary N) is 1. The lowest BCUT2D eigenvalue weighted by atomic mass is 9.87. The van der Waals surface area contributed by atoms with Crippen molar-refractivity contribution in [2.45, 2.75) is 39.3 Å². The van der Waals surface area contributed by atoms with Gasteiger partial charge in [0.05, 0.1) is 18.7 Å². The molecule has 2 unspecified atom stereocenters. The van der Waals surface area contributed by atoms with E-state index in [0.29, 0.717) is 12.6 Å². The van der Waals surface area contributed by atoms with E-state index in [1.54, 1.807) is 0 Å². The fraction of sp³-hybridized carbons (Fsp3) is 0.471. The highest BCUT2D eigenvalue weighted by Gasteiger charge is 2.24. The first-order valence-electron chi connectivity index (χ1n) is 7.19. The summed E-state index contributed by atoms with van der Waals surface area (Å²) in [6, 6.07) is 7.79. The Balaban J connectivity index is 0.00000242. The smallest absolute Gasteiger partial charge is 0.190 e. The number of benzene rings is 1. The quantitative estimate of drug-likeness (QED) is 0.339. The first-order chi connectivity index (χ1) is 9.91. The summed E-state index contributed by atoms with van der Waals surface area (Å²) >= 11 is 0. The minimum absolute atomic E-state index is 0. The van der Waals surface area contributed by atoms with Crippen molar-refractivity contribution in [1.82, 2.24) is 5.32 Å². The van der Waals surface area contributed by atoms with Crippen molar-refractivity contribution < 1.29 is 4.74 Å². The zero-order valence-corrected chi connectivity index (χ0v) is 15.6. The molecule has 2 atom stereocenters. The molecule has 0 bridgehead atoms. The number of aliphatic imine (C=N–C) groups is 1. The molecule has 0 aromatic heterocycles. The zero-order valence-electron chi connectivity index (χ0n) is 13.3. The number of hydrogen-bond donors (Lipinski definition) is 2. The van der Waals surface area contributed by atoms with Crippen LogP contribution in [0.1, 0.15) is 38.8 Å². The number of ether oxygens (including phenoxy) is 1. The molecule has 1 aliphatic rings. The van der Waals surface area contributed by atoms with Gasteiger partial charge in [-0.05, 0) is 11.5 Å². The van der Waals surface area contributed by atoms with Crippen LogP contribution in [0.3, 0.4) is 0 Å². The molecule has 120 valence electrons. The second kappa shape index (κ2) is 7.73. The predicted molar refractivity (Wildman–Crippen MR) is 102 cm³/mol. The van der Waals surface area contributed by atoms with E-state index in [0.717, 1.165) is 17.7 Å². The van der Waals surface area contributed by atoms with Gasteiger partial charge in [0.15, 0.2) is 5.96 Å². The number of nitrogens with zero attached hydrogens (tertiary/aromatic N) is 1. The fourth-order valence-electron chi connectivity index (χ4n) is 2.32. The molecule has 1 aliphatic heterocycles. The minimum atomic E-state index is -0.156. The molecule has 0 amide bonds. The number of nitrogens with one attached hydrogen (secondary N) is 1. The monoisotopic (exact) mass is 413 g/mol. The van der Waals surface area contributed by atoms with Crippen LogP contribution in [0.25, 0.3) is 0 Å². The van der Waals surface area contributed by atoms with Crippen molar-refractivity contribution in [1.29, 1.82) is 0 Å². The van der Waals surface area contributed by atoms with Crippen molar-refractivity contribution in [3.05, 3.63) is 29.8 Å². The number of fused-ring (bicyclic) bond motifs is 1. The molecule has 1 aromatic rings. The first-order valence-corrected chi connectivity index (χ1v) is 7.19. The van der Waals surface area contributed by atoms with Gasteiger partial charge in [0.1, 0.15) is 5.75 Å². The average molecular weight is 413 g/mol. The van der Waals surface area contributed by atoms with Crippen molar-refractivity contribution in [2.75, 3.05) is 6.61 Å². The molecule has 4 nitrogen and oxygen atoms in total. The Morgan fingerprint density at radius 3 is 2.77 bits per heavy atom. The van der Waals surface area contributed by atoms with Gasteiger partial charge in [0.2, 0.25) is 0 Å². The molecule has 2 rings (SSSR count). The van der Waals surface area contributed by atoms with Crippen molar-refractivity contribution in [2.24, 2.45) is 16.1 Å². The van der Waals surface area contributed by atoms with Crippen LogP contribution in [0.15, 0.2) is 29.3 Å². The third-order valence-electron chi connectivity index (χ3n) is 3.55. The van der Waals surface area contributed by atoms with E-state index in [-0.39, 0.29) is 41.5 Å². The molecule has 0 fully saturated rings. The Morgan fingerprint density at radius 2 is 2.14 bits per heavy atom. The van der Waals surface area contributed by atoms with Crippen LogP contribution in [0, 0.1) is 17.8 Å². The molecule has 0 spiro atoms. The van der Waals surface area contributed by atoms with Gasteiger partial charge in [0.25, 0.3) is 0 Å². The number of hydrogen-bond acceptors (Lipinski definition) is 2. The number of para-hydroxylation sites is 1. The molecule has 0 aliphatic carbocycles. The van der Waals surface area contributed by atoms with Crippen LogP contribution < -0.4 is 15.8 Å². The van der Waals surface area contributed by atoms with E-state index in [1.165, 1.54) is 0 Å². The zero-order chi connectivity index (χ0) is 15.5.